The van der Waals surface area contributed by atoms with Gasteiger partial charge in [0.05, 0.1) is 36.1 Å². The van der Waals surface area contributed by atoms with Crippen molar-refractivity contribution in [1.82, 2.24) is 45.9 Å². The van der Waals surface area contributed by atoms with Gasteiger partial charge in [-0.25, -0.2) is 19.0 Å². The molecule has 0 saturated carbocycles. The SMILES string of the molecule is CC[C@@]1(O)C(=O)OCc2c1cc1n(c2=O)Cc2c-1nc1cc(F)c(OC(=O)N(C)CCNC(=O)C(C)NC(=O)C(C)NC(=O)C(C)NC(=O)C(CCC(=O)OC)NC(=O)CCCN3C(=O)C=CC3=O)cc1c2C. The van der Waals surface area contributed by atoms with Gasteiger partial charge in [-0.3, -0.25) is 48.1 Å². The zero-order chi connectivity index (χ0) is 53.6. The van der Waals surface area contributed by atoms with E-state index in [0.717, 1.165) is 35.1 Å². The van der Waals surface area contributed by atoms with Crippen LogP contribution in [0.1, 0.15) is 82.1 Å². The Morgan fingerprint density at radius 2 is 1.52 bits per heavy atom. The average molecular weight is 1020 g/mol. The number of hydrogen-bond donors (Lipinski definition) is 6. The van der Waals surface area contributed by atoms with Gasteiger partial charge in [0.2, 0.25) is 29.5 Å². The number of aromatic nitrogens is 2. The number of likely N-dealkylation sites (N-methyl/N-ethyl adjacent to an activating group) is 1. The first kappa shape index (κ1) is 54.2. The van der Waals surface area contributed by atoms with E-state index in [1.54, 1.807) is 19.9 Å². The highest BCUT2D eigenvalue weighted by Gasteiger charge is 2.45. The molecule has 0 spiro atoms. The van der Waals surface area contributed by atoms with Gasteiger partial charge in [0.1, 0.15) is 30.8 Å². The predicted molar refractivity (Wildman–Crippen MR) is 252 cm³/mol. The average Bonchev–Trinajstić information content (AvgIpc) is 3.89. The van der Waals surface area contributed by atoms with Crippen LogP contribution in [0.4, 0.5) is 9.18 Å². The van der Waals surface area contributed by atoms with E-state index < -0.39 is 106 Å². The second kappa shape index (κ2) is 22.5. The van der Waals surface area contributed by atoms with Crippen LogP contribution in [0, 0.1) is 12.7 Å². The summed E-state index contributed by atoms with van der Waals surface area (Å²) >= 11 is 0. The molecule has 25 heteroatoms. The number of cyclic esters (lactones) is 1. The molecule has 1 aromatic carbocycles. The summed E-state index contributed by atoms with van der Waals surface area (Å²) in [6.07, 6.45) is 0.665. The molecule has 5 heterocycles. The Morgan fingerprint density at radius 1 is 0.890 bits per heavy atom. The molecule has 3 aromatic rings. The number of fused-ring (bicyclic) bond motifs is 5. The van der Waals surface area contributed by atoms with Gasteiger partial charge in [-0.1, -0.05) is 6.92 Å². The number of hydrogen-bond acceptors (Lipinski definition) is 16. The van der Waals surface area contributed by atoms with E-state index in [9.17, 15) is 57.8 Å². The van der Waals surface area contributed by atoms with E-state index in [-0.39, 0.29) is 81.5 Å². The molecular formula is C48H56FN9O15. The van der Waals surface area contributed by atoms with Crippen molar-refractivity contribution in [3.05, 3.63) is 68.8 Å². The van der Waals surface area contributed by atoms with Crippen molar-refractivity contribution in [1.29, 1.82) is 0 Å². The lowest BCUT2D eigenvalue weighted by Gasteiger charge is -2.31. The highest BCUT2D eigenvalue weighted by Crippen LogP contribution is 2.41. The zero-order valence-electron chi connectivity index (χ0n) is 41.1. The quantitative estimate of drug-likeness (QED) is 0.0490. The molecule has 0 bridgehead atoms. The molecule has 0 radical (unpaired) electrons. The van der Waals surface area contributed by atoms with Crippen molar-refractivity contribution >= 4 is 70.3 Å². The van der Waals surface area contributed by atoms with Crippen LogP contribution in [0.25, 0.3) is 22.3 Å². The predicted octanol–water partition coefficient (Wildman–Crippen LogP) is -0.269. The standard InChI is InChI=1S/C48H56FN9O15/c1-8-48(70)30-19-34-40-28(21-58(34)45(67)29(30)22-72-46(48)68)23(2)27-18-35(31(49)20-33(27)55-40)73-47(69)56(6)17-15-50-41(63)24(3)51-42(64)25(4)52-43(65)26(5)53-44(66)32(11-14-39(62)71-7)54-36(59)10-9-16-57-37(60)12-13-38(57)61/h12-13,18-20,24-26,32,70H,8-11,14-17,21-22H2,1-7H3,(H,50,63)(H,51,64)(H,52,65)(H,53,66)(H,54,59)/t24?,25?,26?,32?,48-/m0/s1. The third kappa shape index (κ3) is 11.8. The van der Waals surface area contributed by atoms with E-state index in [2.05, 4.69) is 36.3 Å². The first-order chi connectivity index (χ1) is 34.5. The molecule has 4 unspecified atom stereocenters. The number of aryl methyl sites for hydroxylation is 1. The Hall–Kier alpha value is -8.09. The van der Waals surface area contributed by atoms with Crippen LogP contribution in [-0.4, -0.2) is 142 Å². The van der Waals surface area contributed by atoms with Crippen molar-refractivity contribution in [2.24, 2.45) is 0 Å². The number of nitrogens with zero attached hydrogens (tertiary/aromatic N) is 4. The first-order valence-electron chi connectivity index (χ1n) is 23.3. The molecule has 73 heavy (non-hydrogen) atoms. The van der Waals surface area contributed by atoms with Gasteiger partial charge in [0.15, 0.2) is 17.2 Å². The summed E-state index contributed by atoms with van der Waals surface area (Å²) in [4.78, 5) is 146. The Bertz CT molecular complexity index is 2890. The number of carbonyl (C=O) groups excluding carboxylic acids is 10. The number of esters is 2. The van der Waals surface area contributed by atoms with E-state index >= 15 is 4.39 Å². The van der Waals surface area contributed by atoms with Crippen LogP contribution in [-0.2, 0) is 71.4 Å². The molecule has 2 aromatic heterocycles. The monoisotopic (exact) mass is 1020 g/mol. The molecule has 3 aliphatic rings. The third-order valence-electron chi connectivity index (χ3n) is 12.7. The molecule has 0 fully saturated rings. The number of methoxy groups -OCH3 is 1. The fourth-order valence-corrected chi connectivity index (χ4v) is 8.26. The summed E-state index contributed by atoms with van der Waals surface area (Å²) in [6, 6.07) is -0.943. The maximum atomic E-state index is 15.5. The smallest absolute Gasteiger partial charge is 0.415 e. The number of carbonyl (C=O) groups is 10. The van der Waals surface area contributed by atoms with Crippen molar-refractivity contribution in [2.75, 3.05) is 33.8 Å². The van der Waals surface area contributed by atoms with Crippen molar-refractivity contribution < 1.29 is 71.7 Å². The number of amides is 8. The van der Waals surface area contributed by atoms with Gasteiger partial charge in [0.25, 0.3) is 17.4 Å². The van der Waals surface area contributed by atoms with Crippen molar-refractivity contribution in [3.8, 4) is 17.1 Å². The molecule has 6 rings (SSSR count). The molecule has 390 valence electrons. The molecule has 3 aliphatic heterocycles. The number of rotatable bonds is 20. The molecule has 8 amide bonds. The zero-order valence-corrected chi connectivity index (χ0v) is 41.1. The number of pyridine rings is 2. The number of imide groups is 1. The van der Waals surface area contributed by atoms with E-state index in [1.807, 2.05) is 0 Å². The Morgan fingerprint density at radius 3 is 2.15 bits per heavy atom. The number of benzene rings is 1. The number of aliphatic hydroxyl groups is 1. The number of halogens is 1. The van der Waals surface area contributed by atoms with Crippen molar-refractivity contribution in [2.45, 2.75) is 110 Å². The third-order valence-corrected chi connectivity index (χ3v) is 12.7. The maximum Gasteiger partial charge on any atom is 0.415 e. The summed E-state index contributed by atoms with van der Waals surface area (Å²) in [5, 5.41) is 24.0. The number of nitrogens with one attached hydrogen (secondary N) is 5. The highest BCUT2D eigenvalue weighted by atomic mass is 19.1. The molecular weight excluding hydrogens is 962 g/mol. The van der Waals surface area contributed by atoms with Crippen LogP contribution in [0.5, 0.6) is 5.75 Å². The summed E-state index contributed by atoms with van der Waals surface area (Å²) in [6.45, 7) is 6.87. The van der Waals surface area contributed by atoms with Gasteiger partial charge < -0.3 is 55.4 Å². The fourth-order valence-electron chi connectivity index (χ4n) is 8.26. The van der Waals surface area contributed by atoms with Crippen LogP contribution < -0.4 is 36.9 Å². The second-order valence-electron chi connectivity index (χ2n) is 17.7. The minimum atomic E-state index is -2.02. The van der Waals surface area contributed by atoms with Gasteiger partial charge >= 0.3 is 18.0 Å². The fraction of sp³-hybridized carbons (Fsp3) is 0.458. The van der Waals surface area contributed by atoms with E-state index in [1.165, 1.54) is 38.5 Å². The Labute approximate surface area is 416 Å². The summed E-state index contributed by atoms with van der Waals surface area (Å²) in [7, 11) is 2.49. The van der Waals surface area contributed by atoms with Crippen LogP contribution >= 0.6 is 0 Å². The van der Waals surface area contributed by atoms with Gasteiger partial charge in [-0.05, 0) is 64.7 Å². The molecule has 0 saturated heterocycles. The second-order valence-corrected chi connectivity index (χ2v) is 17.7. The molecule has 24 nitrogen and oxygen atoms in total. The normalized spacial score (nSPS) is 17.0. The first-order valence-corrected chi connectivity index (χ1v) is 23.3. The minimum Gasteiger partial charge on any atom is -0.469 e. The van der Waals surface area contributed by atoms with Crippen LogP contribution in [0.2, 0.25) is 0 Å². The largest absolute Gasteiger partial charge is 0.469 e. The molecule has 0 aliphatic carbocycles. The Kier molecular flexibility index (Phi) is 16.8. The summed E-state index contributed by atoms with van der Waals surface area (Å²) in [5.41, 5.74) is -0.0571. The van der Waals surface area contributed by atoms with Gasteiger partial charge in [0, 0.05) is 74.3 Å². The minimum absolute atomic E-state index is 0.0362. The lowest BCUT2D eigenvalue weighted by Crippen LogP contribution is -2.56. The lowest BCUT2D eigenvalue weighted by atomic mass is 9.86. The van der Waals surface area contributed by atoms with Crippen LogP contribution in [0.3, 0.4) is 0 Å². The van der Waals surface area contributed by atoms with Crippen molar-refractivity contribution in [3.63, 3.8) is 0 Å². The van der Waals surface area contributed by atoms with E-state index in [0.29, 0.717) is 27.9 Å². The number of ether oxygens (including phenoxy) is 3. The topological polar surface area (TPSA) is 320 Å². The summed E-state index contributed by atoms with van der Waals surface area (Å²) in [5.74, 6) is -7.58. The maximum absolute atomic E-state index is 15.5. The highest BCUT2D eigenvalue weighted by molar-refractivity contribution is 6.12. The molecule has 6 N–H and O–H groups in total. The summed E-state index contributed by atoms with van der Waals surface area (Å²) < 4.78 is 32.1. The van der Waals surface area contributed by atoms with E-state index in [4.69, 9.17) is 9.47 Å². The Balaban J connectivity index is 0.961. The van der Waals surface area contributed by atoms with Gasteiger partial charge in [-0.2, -0.15) is 0 Å². The van der Waals surface area contributed by atoms with Gasteiger partial charge in [-0.15, -0.1) is 0 Å². The molecule has 5 atom stereocenters. The van der Waals surface area contributed by atoms with Crippen LogP contribution in [0.15, 0.2) is 35.1 Å². The lowest BCUT2D eigenvalue weighted by molar-refractivity contribution is -0.172.